The highest BCUT2D eigenvalue weighted by molar-refractivity contribution is 7.91. The minimum absolute atomic E-state index is 0.00813. The van der Waals surface area contributed by atoms with Gasteiger partial charge in [-0.05, 0) is 92.0 Å². The molecule has 0 saturated heterocycles. The third-order valence-corrected chi connectivity index (χ3v) is 17.8. The van der Waals surface area contributed by atoms with E-state index in [1.54, 1.807) is 17.5 Å². The van der Waals surface area contributed by atoms with Gasteiger partial charge < -0.3 is 10.2 Å². The summed E-state index contributed by atoms with van der Waals surface area (Å²) in [6, 6.07) is 13.1. The van der Waals surface area contributed by atoms with Crippen LogP contribution < -0.4 is 0 Å². The third-order valence-electron chi connectivity index (χ3n) is 14.7. The average molecular weight is 690 g/mol. The minimum Gasteiger partial charge on any atom is -0.393 e. The number of nitrogens with zero attached hydrogens (tertiary/aromatic N) is 1. The van der Waals surface area contributed by atoms with E-state index in [0.717, 1.165) is 68.9 Å². The molecule has 8 unspecified atom stereocenters. The Labute approximate surface area is 290 Å². The number of sulfonamides is 1. The average Bonchev–Trinajstić information content (AvgIpc) is 3.72. The second-order valence-corrected chi connectivity index (χ2v) is 19.8. The van der Waals surface area contributed by atoms with E-state index in [2.05, 4.69) is 32.1 Å². The standard InChI is InChI=1S/C40H51NO5S2/c1-36-18-15-30(42)24-38(36)21-22-40(31(25-38)35(43)29-12-7-4-8-13-29)32(36)16-19-37(2)33(40)17-20-39(37,44)27-41(26-28-10-5-3-6-11-28)48(45,46)34-14-9-23-47-34/h3,5-6,9-11,14,21-23,25,29-30,32-33,42,44H,4,7-8,12-13,15-20,24,26-27H2,1-2H3. The zero-order chi connectivity index (χ0) is 33.6. The molecular weight excluding hydrogens is 639 g/mol. The molecule has 1 heterocycles. The van der Waals surface area contributed by atoms with Gasteiger partial charge in [-0.1, -0.05) is 87.7 Å². The van der Waals surface area contributed by atoms with Crippen LogP contribution in [0.2, 0.25) is 0 Å². The van der Waals surface area contributed by atoms with Crippen molar-refractivity contribution in [3.63, 3.8) is 0 Å². The number of fused-ring (bicyclic) bond motifs is 1. The van der Waals surface area contributed by atoms with Crippen LogP contribution in [0.4, 0.5) is 0 Å². The zero-order valence-corrected chi connectivity index (χ0v) is 30.1. The molecule has 6 nitrogen and oxygen atoms in total. The Kier molecular flexibility index (Phi) is 7.89. The van der Waals surface area contributed by atoms with Crippen molar-refractivity contribution in [1.29, 1.82) is 0 Å². The van der Waals surface area contributed by atoms with Gasteiger partial charge in [0.1, 0.15) is 4.21 Å². The summed E-state index contributed by atoms with van der Waals surface area (Å²) in [5.74, 6) is 0.588. The van der Waals surface area contributed by atoms with Gasteiger partial charge in [-0.25, -0.2) is 8.42 Å². The minimum atomic E-state index is -3.86. The van der Waals surface area contributed by atoms with Gasteiger partial charge in [0, 0.05) is 40.8 Å². The number of aliphatic hydroxyl groups is 2. The van der Waals surface area contributed by atoms with Gasteiger partial charge in [-0.2, -0.15) is 4.31 Å². The van der Waals surface area contributed by atoms with Gasteiger partial charge >= 0.3 is 0 Å². The number of Topliss-reactive ketones (excluding diaryl/α,β-unsaturated/α-hetero) is 1. The highest BCUT2D eigenvalue weighted by Gasteiger charge is 2.74. The van der Waals surface area contributed by atoms with E-state index < -0.39 is 26.5 Å². The Bertz CT molecular complexity index is 1730. The monoisotopic (exact) mass is 689 g/mol. The Balaban J connectivity index is 1.21. The molecule has 2 bridgehead atoms. The topological polar surface area (TPSA) is 94.9 Å². The van der Waals surface area contributed by atoms with Crippen LogP contribution >= 0.6 is 11.3 Å². The second-order valence-electron chi connectivity index (χ2n) is 16.7. The van der Waals surface area contributed by atoms with Gasteiger partial charge in [-0.3, -0.25) is 4.79 Å². The van der Waals surface area contributed by atoms with Gasteiger partial charge in [0.25, 0.3) is 10.0 Å². The van der Waals surface area contributed by atoms with Crippen LogP contribution in [0.25, 0.3) is 0 Å². The second kappa shape index (κ2) is 11.5. The number of thiophene rings is 1. The SMILES string of the molecule is CC12CCC(O)CC13C=CC1(C(C(=O)C4CCCCC4)=C3)C2CCC2(C)C1CCC2(O)CN(Cc1ccccc1)S(=O)(=O)c1cccs1. The summed E-state index contributed by atoms with van der Waals surface area (Å²) < 4.78 is 30.3. The molecule has 2 aromatic rings. The molecule has 0 aliphatic heterocycles. The van der Waals surface area contributed by atoms with Crippen molar-refractivity contribution in [3.05, 3.63) is 77.2 Å². The molecule has 7 aliphatic rings. The van der Waals surface area contributed by atoms with Crippen LogP contribution in [-0.2, 0) is 21.4 Å². The first-order valence-electron chi connectivity index (χ1n) is 18.3. The molecular formula is C40H51NO5S2. The number of hydrogen-bond donors (Lipinski definition) is 2. The highest BCUT2D eigenvalue weighted by Crippen LogP contribution is 2.78. The van der Waals surface area contributed by atoms with Crippen LogP contribution in [0.5, 0.6) is 0 Å². The Hall–Kier alpha value is -2.10. The molecule has 0 radical (unpaired) electrons. The predicted molar refractivity (Wildman–Crippen MR) is 188 cm³/mol. The van der Waals surface area contributed by atoms with Crippen molar-refractivity contribution < 1.29 is 23.4 Å². The zero-order valence-electron chi connectivity index (χ0n) is 28.4. The smallest absolute Gasteiger partial charge is 0.252 e. The van der Waals surface area contributed by atoms with Gasteiger partial charge in [0.15, 0.2) is 5.78 Å². The number of allylic oxidation sites excluding steroid dienone is 4. The number of carbonyl (C=O) groups is 1. The fourth-order valence-electron chi connectivity index (χ4n) is 12.0. The van der Waals surface area contributed by atoms with Crippen molar-refractivity contribution in [2.75, 3.05) is 6.54 Å². The summed E-state index contributed by atoms with van der Waals surface area (Å²) in [5.41, 5.74) is -0.928. The molecule has 1 aromatic heterocycles. The molecule has 2 spiro atoms. The molecule has 0 amide bonds. The van der Waals surface area contributed by atoms with Gasteiger partial charge in [-0.15, -0.1) is 11.3 Å². The molecule has 1 aromatic carbocycles. The van der Waals surface area contributed by atoms with Gasteiger partial charge in [0.05, 0.1) is 11.7 Å². The molecule has 8 atom stereocenters. The summed E-state index contributed by atoms with van der Waals surface area (Å²) >= 11 is 1.21. The summed E-state index contributed by atoms with van der Waals surface area (Å²) in [5, 5.41) is 25.8. The fraction of sp³-hybridized carbons (Fsp3) is 0.625. The van der Waals surface area contributed by atoms with E-state index in [-0.39, 0.29) is 47.8 Å². The summed E-state index contributed by atoms with van der Waals surface area (Å²) in [6.45, 7) is 4.82. The molecule has 2 N–H and O–H groups in total. The van der Waals surface area contributed by atoms with E-state index in [4.69, 9.17) is 0 Å². The summed E-state index contributed by atoms with van der Waals surface area (Å²) in [6.07, 6.45) is 17.2. The number of rotatable bonds is 8. The van der Waals surface area contributed by atoms with Crippen LogP contribution in [0, 0.1) is 39.4 Å². The Morgan fingerprint density at radius 1 is 0.896 bits per heavy atom. The summed E-state index contributed by atoms with van der Waals surface area (Å²) in [7, 11) is -3.86. The number of benzene rings is 1. The lowest BCUT2D eigenvalue weighted by Gasteiger charge is -2.71. The lowest BCUT2D eigenvalue weighted by Crippen LogP contribution is -2.67. The Morgan fingerprint density at radius 2 is 1.60 bits per heavy atom. The van der Waals surface area contributed by atoms with Crippen LogP contribution in [0.3, 0.4) is 0 Å². The van der Waals surface area contributed by atoms with E-state index in [0.29, 0.717) is 22.8 Å². The quantitative estimate of drug-likeness (QED) is 0.278. The van der Waals surface area contributed by atoms with Crippen LogP contribution in [0.15, 0.2) is 75.9 Å². The van der Waals surface area contributed by atoms with Gasteiger partial charge in [0.2, 0.25) is 0 Å². The van der Waals surface area contributed by atoms with Crippen molar-refractivity contribution >= 4 is 27.1 Å². The molecule has 258 valence electrons. The summed E-state index contributed by atoms with van der Waals surface area (Å²) in [4.78, 5) is 14.8. The molecule has 7 aliphatic carbocycles. The molecule has 4 saturated carbocycles. The van der Waals surface area contributed by atoms with E-state index in [1.165, 1.54) is 22.1 Å². The molecule has 48 heavy (non-hydrogen) atoms. The maximum atomic E-state index is 14.8. The van der Waals surface area contributed by atoms with E-state index >= 15 is 0 Å². The first-order valence-corrected chi connectivity index (χ1v) is 20.7. The third kappa shape index (κ3) is 4.57. The first kappa shape index (κ1) is 33.1. The first-order chi connectivity index (χ1) is 22.9. The van der Waals surface area contributed by atoms with Crippen LogP contribution in [-0.4, -0.2) is 47.0 Å². The number of carbonyl (C=O) groups excluding carboxylic acids is 1. The number of ketones is 1. The lowest BCUT2D eigenvalue weighted by molar-refractivity contribution is -0.177. The number of aliphatic hydroxyl groups excluding tert-OH is 1. The van der Waals surface area contributed by atoms with Crippen molar-refractivity contribution in [1.82, 2.24) is 4.31 Å². The molecule has 8 heteroatoms. The number of hydrogen-bond acceptors (Lipinski definition) is 6. The largest absolute Gasteiger partial charge is 0.393 e. The normalized spacial score (nSPS) is 40.7. The van der Waals surface area contributed by atoms with Crippen molar-refractivity contribution in [2.45, 2.75) is 113 Å². The fourth-order valence-corrected chi connectivity index (χ4v) is 14.7. The van der Waals surface area contributed by atoms with Crippen molar-refractivity contribution in [3.8, 4) is 0 Å². The van der Waals surface area contributed by atoms with E-state index in [1.807, 2.05) is 30.3 Å². The van der Waals surface area contributed by atoms with Crippen molar-refractivity contribution in [2.24, 2.45) is 39.4 Å². The Morgan fingerprint density at radius 3 is 2.33 bits per heavy atom. The highest BCUT2D eigenvalue weighted by atomic mass is 32.2. The lowest BCUT2D eigenvalue weighted by atomic mass is 9.32. The maximum Gasteiger partial charge on any atom is 0.252 e. The molecule has 4 fully saturated rings. The predicted octanol–water partition coefficient (Wildman–Crippen LogP) is 7.68. The van der Waals surface area contributed by atoms with E-state index in [9.17, 15) is 23.4 Å². The van der Waals surface area contributed by atoms with Crippen LogP contribution in [0.1, 0.15) is 96.5 Å². The maximum absolute atomic E-state index is 14.8. The molecule has 9 rings (SSSR count).